The van der Waals surface area contributed by atoms with Crippen LogP contribution in [0.15, 0.2) is 9.72 Å². The molecule has 0 radical (unpaired) electrons. The number of carbonyl (C=O) groups is 1. The molecule has 0 aliphatic carbocycles. The zero-order valence-corrected chi connectivity index (χ0v) is 12.7. The van der Waals surface area contributed by atoms with Crippen molar-refractivity contribution in [2.24, 2.45) is 5.73 Å². The molecule has 1 aromatic rings. The number of carbonyl (C=O) groups excluding carboxylic acids is 1. The van der Waals surface area contributed by atoms with Crippen LogP contribution in [0.25, 0.3) is 0 Å². The zero-order valence-electron chi connectivity index (χ0n) is 11.1. The van der Waals surface area contributed by atoms with Crippen LogP contribution in [0.2, 0.25) is 0 Å². The Labute approximate surface area is 116 Å². The first-order chi connectivity index (χ1) is 8.45. The minimum atomic E-state index is -0.864. The van der Waals surface area contributed by atoms with Crippen LogP contribution in [0.3, 0.4) is 0 Å². The first-order valence-corrected chi connectivity index (χ1v) is 7.74. The predicted octanol–water partition coefficient (Wildman–Crippen LogP) is 2.60. The first-order valence-electron chi connectivity index (χ1n) is 5.88. The lowest BCUT2D eigenvalue weighted by Gasteiger charge is -2.20. The second-order valence-electron chi connectivity index (χ2n) is 4.47. The summed E-state index contributed by atoms with van der Waals surface area (Å²) in [5.41, 5.74) is 6.08. The van der Waals surface area contributed by atoms with Gasteiger partial charge in [0.05, 0.1) is 7.11 Å². The van der Waals surface area contributed by atoms with Crippen LogP contribution in [-0.2, 0) is 9.53 Å². The maximum atomic E-state index is 11.4. The van der Waals surface area contributed by atoms with E-state index in [2.05, 4.69) is 15.1 Å². The van der Waals surface area contributed by atoms with Crippen LogP contribution in [0.1, 0.15) is 31.9 Å². The van der Waals surface area contributed by atoms with E-state index in [9.17, 15) is 4.79 Å². The smallest absolute Gasteiger partial charge is 0.325 e. The molecule has 0 saturated carbocycles. The molecule has 1 rings (SSSR count). The third-order valence-corrected chi connectivity index (χ3v) is 4.79. The minimum absolute atomic E-state index is 0.342. The fourth-order valence-corrected chi connectivity index (χ4v) is 3.41. The summed E-state index contributed by atoms with van der Waals surface area (Å²) in [5, 5.41) is 2.05. The monoisotopic (exact) mass is 288 g/mol. The lowest BCUT2D eigenvalue weighted by molar-refractivity contribution is -0.146. The molecule has 0 amide bonds. The molecular formula is C12H20N2O2S2. The van der Waals surface area contributed by atoms with E-state index >= 15 is 0 Å². The minimum Gasteiger partial charge on any atom is -0.468 e. The highest BCUT2D eigenvalue weighted by Crippen LogP contribution is 2.24. The molecule has 0 saturated heterocycles. The number of nitrogens with zero attached hydrogens (tertiary/aromatic N) is 1. The molecule has 6 heteroatoms. The molecule has 1 unspecified atom stereocenters. The van der Waals surface area contributed by atoms with Crippen molar-refractivity contribution in [1.82, 2.24) is 4.98 Å². The summed E-state index contributed by atoms with van der Waals surface area (Å²) in [4.78, 5) is 15.7. The number of hydrogen-bond donors (Lipinski definition) is 1. The van der Waals surface area contributed by atoms with Gasteiger partial charge in [0.2, 0.25) is 0 Å². The second kappa shape index (κ2) is 7.11. The summed E-state index contributed by atoms with van der Waals surface area (Å²) in [6.45, 7) is 3.72. The first kappa shape index (κ1) is 15.5. The second-order valence-corrected chi connectivity index (χ2v) is 6.67. The molecule has 0 aliphatic heterocycles. The Bertz CT molecular complexity index is 391. The van der Waals surface area contributed by atoms with E-state index < -0.39 is 5.54 Å². The largest absolute Gasteiger partial charge is 0.468 e. The Morgan fingerprint density at radius 1 is 1.61 bits per heavy atom. The zero-order chi connectivity index (χ0) is 13.6. The van der Waals surface area contributed by atoms with Gasteiger partial charge >= 0.3 is 5.97 Å². The molecule has 0 bridgehead atoms. The van der Waals surface area contributed by atoms with Gasteiger partial charge in [-0.25, -0.2) is 4.98 Å². The molecule has 18 heavy (non-hydrogen) atoms. The quantitative estimate of drug-likeness (QED) is 0.474. The van der Waals surface area contributed by atoms with Crippen molar-refractivity contribution >= 4 is 29.1 Å². The van der Waals surface area contributed by atoms with Crippen molar-refractivity contribution in [3.8, 4) is 0 Å². The molecule has 4 nitrogen and oxygen atoms in total. The van der Waals surface area contributed by atoms with E-state index in [4.69, 9.17) is 5.73 Å². The molecule has 0 aromatic carbocycles. The molecule has 0 spiro atoms. The number of methoxy groups -OCH3 is 1. The third kappa shape index (κ3) is 4.96. The summed E-state index contributed by atoms with van der Waals surface area (Å²) < 4.78 is 5.77. The number of aryl methyl sites for hydroxylation is 1. The van der Waals surface area contributed by atoms with Crippen molar-refractivity contribution in [1.29, 1.82) is 0 Å². The fraction of sp³-hybridized carbons (Fsp3) is 0.667. The van der Waals surface area contributed by atoms with Gasteiger partial charge in [0.1, 0.15) is 9.88 Å². The van der Waals surface area contributed by atoms with Gasteiger partial charge in [-0.05, 0) is 26.7 Å². The van der Waals surface area contributed by atoms with E-state index in [1.807, 2.05) is 6.92 Å². The lowest BCUT2D eigenvalue weighted by atomic mass is 9.97. The topological polar surface area (TPSA) is 65.2 Å². The van der Waals surface area contributed by atoms with Gasteiger partial charge in [0.15, 0.2) is 0 Å². The van der Waals surface area contributed by atoms with Crippen molar-refractivity contribution in [2.75, 3.05) is 12.9 Å². The predicted molar refractivity (Wildman–Crippen MR) is 76.0 cm³/mol. The average molecular weight is 288 g/mol. The molecular weight excluding hydrogens is 268 g/mol. The van der Waals surface area contributed by atoms with Crippen LogP contribution in [-0.4, -0.2) is 29.4 Å². The van der Waals surface area contributed by atoms with Crippen molar-refractivity contribution < 1.29 is 9.53 Å². The van der Waals surface area contributed by atoms with Crippen molar-refractivity contribution in [3.05, 3.63) is 11.1 Å². The van der Waals surface area contributed by atoms with Gasteiger partial charge in [-0.3, -0.25) is 4.79 Å². The van der Waals surface area contributed by atoms with Crippen LogP contribution in [0.4, 0.5) is 0 Å². The highest BCUT2D eigenvalue weighted by molar-refractivity contribution is 8.00. The summed E-state index contributed by atoms with van der Waals surface area (Å²) in [6.07, 6.45) is 2.59. The molecule has 0 aliphatic rings. The number of thioether (sulfide) groups is 1. The number of rotatable bonds is 7. The molecule has 1 atom stereocenters. The number of thiazole rings is 1. The highest BCUT2D eigenvalue weighted by atomic mass is 32.2. The third-order valence-electron chi connectivity index (χ3n) is 2.57. The Morgan fingerprint density at radius 3 is 2.89 bits per heavy atom. The maximum absolute atomic E-state index is 11.4. The Kier molecular flexibility index (Phi) is 6.11. The number of hydrogen-bond acceptors (Lipinski definition) is 6. The van der Waals surface area contributed by atoms with Gasteiger partial charge in [-0.2, -0.15) is 0 Å². The van der Waals surface area contributed by atoms with Gasteiger partial charge in [0.25, 0.3) is 0 Å². The summed E-state index contributed by atoms with van der Waals surface area (Å²) in [5.74, 6) is 0.662. The number of unbranched alkanes of at least 4 members (excludes halogenated alkanes) is 1. The number of ether oxygens (including phenoxy) is 1. The van der Waals surface area contributed by atoms with E-state index in [-0.39, 0.29) is 5.97 Å². The Morgan fingerprint density at radius 2 is 2.33 bits per heavy atom. The van der Waals surface area contributed by atoms with Crippen LogP contribution >= 0.6 is 23.1 Å². The fourth-order valence-electron chi connectivity index (χ4n) is 1.49. The number of nitrogens with two attached hydrogens (primary N) is 1. The van der Waals surface area contributed by atoms with Crippen LogP contribution < -0.4 is 5.73 Å². The molecule has 0 fully saturated rings. The van der Waals surface area contributed by atoms with Crippen LogP contribution in [0.5, 0.6) is 0 Å². The summed E-state index contributed by atoms with van der Waals surface area (Å²) in [7, 11) is 1.37. The Balaban J connectivity index is 2.17. The van der Waals surface area contributed by atoms with Crippen LogP contribution in [0, 0.1) is 6.92 Å². The average Bonchev–Trinajstić information content (AvgIpc) is 2.73. The SMILES string of the molecule is COC(=O)C(C)(N)CCCCSc1nc(C)cs1. The van der Waals surface area contributed by atoms with Gasteiger partial charge in [0, 0.05) is 16.8 Å². The standard InChI is InChI=1S/C12H20N2O2S2/c1-9-8-18-11(14-9)17-7-5-4-6-12(2,13)10(15)16-3/h8H,4-7,13H2,1-3H3. The molecule has 2 N–H and O–H groups in total. The normalized spacial score (nSPS) is 14.2. The molecule has 1 heterocycles. The van der Waals surface area contributed by atoms with Gasteiger partial charge in [-0.1, -0.05) is 18.2 Å². The maximum Gasteiger partial charge on any atom is 0.325 e. The summed E-state index contributed by atoms with van der Waals surface area (Å²) in [6, 6.07) is 0. The molecule has 102 valence electrons. The van der Waals surface area contributed by atoms with E-state index in [0.29, 0.717) is 6.42 Å². The van der Waals surface area contributed by atoms with E-state index in [1.54, 1.807) is 30.0 Å². The van der Waals surface area contributed by atoms with Gasteiger partial charge < -0.3 is 10.5 Å². The van der Waals surface area contributed by atoms with Crippen molar-refractivity contribution in [2.45, 2.75) is 43.0 Å². The summed E-state index contributed by atoms with van der Waals surface area (Å²) >= 11 is 3.43. The highest BCUT2D eigenvalue weighted by Gasteiger charge is 2.28. The lowest BCUT2D eigenvalue weighted by Crippen LogP contribution is -2.45. The van der Waals surface area contributed by atoms with E-state index in [0.717, 1.165) is 28.6 Å². The molecule has 1 aromatic heterocycles. The van der Waals surface area contributed by atoms with E-state index in [1.165, 1.54) is 7.11 Å². The van der Waals surface area contributed by atoms with Crippen molar-refractivity contribution in [3.63, 3.8) is 0 Å². The number of esters is 1. The Hall–Kier alpha value is -0.590. The van der Waals surface area contributed by atoms with Gasteiger partial charge in [-0.15, -0.1) is 11.3 Å². The number of aromatic nitrogens is 1.